The molecule has 0 radical (unpaired) electrons. The Bertz CT molecular complexity index is 531. The number of anilines is 1. The molecule has 0 aromatic heterocycles. The molecule has 112 valence electrons. The third-order valence-corrected chi connectivity index (χ3v) is 4.00. The summed E-state index contributed by atoms with van der Waals surface area (Å²) in [5.41, 5.74) is 0.778. The predicted molar refractivity (Wildman–Crippen MR) is 78.6 cm³/mol. The number of carbonyl (C=O) groups is 1. The van der Waals surface area contributed by atoms with Gasteiger partial charge in [0.2, 0.25) is 10.0 Å². The molecule has 0 saturated carbocycles. The fourth-order valence-electron chi connectivity index (χ4n) is 1.44. The second-order valence-corrected chi connectivity index (χ2v) is 6.24. The lowest BCUT2D eigenvalue weighted by Gasteiger charge is -2.08. The van der Waals surface area contributed by atoms with E-state index in [1.807, 2.05) is 0 Å². The van der Waals surface area contributed by atoms with Gasteiger partial charge in [-0.3, -0.25) is 9.52 Å². The molecule has 0 aliphatic rings. The predicted octanol–water partition coefficient (Wildman–Crippen LogP) is 0.779. The van der Waals surface area contributed by atoms with E-state index < -0.39 is 10.0 Å². The Morgan fingerprint density at radius 3 is 2.45 bits per heavy atom. The average Bonchev–Trinajstić information content (AvgIpc) is 2.43. The lowest BCUT2D eigenvalue weighted by atomic mass is 10.2. The van der Waals surface area contributed by atoms with E-state index in [2.05, 4.69) is 10.0 Å². The molecular formula is C12H17ClN2O4S. The normalized spacial score (nSPS) is 11.1. The molecule has 0 unspecified atom stereocenters. The second-order valence-electron chi connectivity index (χ2n) is 4.02. The van der Waals surface area contributed by atoms with E-state index in [-0.39, 0.29) is 30.7 Å². The molecule has 0 bridgehead atoms. The van der Waals surface area contributed by atoms with Crippen LogP contribution in [0.1, 0.15) is 16.8 Å². The lowest BCUT2D eigenvalue weighted by Crippen LogP contribution is -2.26. The first-order valence-corrected chi connectivity index (χ1v) is 8.23. The first-order valence-electron chi connectivity index (χ1n) is 6.04. The maximum Gasteiger partial charge on any atom is 0.251 e. The van der Waals surface area contributed by atoms with E-state index in [0.29, 0.717) is 17.7 Å². The van der Waals surface area contributed by atoms with Gasteiger partial charge in [-0.25, -0.2) is 8.42 Å². The average molecular weight is 321 g/mol. The highest BCUT2D eigenvalue weighted by molar-refractivity contribution is 7.92. The van der Waals surface area contributed by atoms with Crippen molar-refractivity contribution in [1.29, 1.82) is 0 Å². The Kier molecular flexibility index (Phi) is 6.77. The Morgan fingerprint density at radius 2 is 1.90 bits per heavy atom. The van der Waals surface area contributed by atoms with Crippen molar-refractivity contribution in [3.05, 3.63) is 29.8 Å². The Morgan fingerprint density at radius 1 is 1.25 bits per heavy atom. The van der Waals surface area contributed by atoms with Crippen LogP contribution in [0.25, 0.3) is 0 Å². The minimum Gasteiger partial charge on any atom is -0.395 e. The fourth-order valence-corrected chi connectivity index (χ4v) is 2.85. The number of rotatable bonds is 8. The van der Waals surface area contributed by atoms with Crippen molar-refractivity contribution in [2.45, 2.75) is 6.42 Å². The van der Waals surface area contributed by atoms with Crippen molar-refractivity contribution < 1.29 is 18.3 Å². The number of sulfonamides is 1. The maximum absolute atomic E-state index is 11.6. The molecule has 20 heavy (non-hydrogen) atoms. The smallest absolute Gasteiger partial charge is 0.251 e. The number of halogens is 1. The number of benzene rings is 1. The molecule has 0 aliphatic heterocycles. The zero-order valence-corrected chi connectivity index (χ0v) is 12.4. The molecule has 0 saturated heterocycles. The van der Waals surface area contributed by atoms with Gasteiger partial charge in [0.05, 0.1) is 12.4 Å². The number of nitrogens with one attached hydrogen (secondary N) is 2. The summed E-state index contributed by atoms with van der Waals surface area (Å²) in [7, 11) is -3.41. The quantitative estimate of drug-likeness (QED) is 0.617. The topological polar surface area (TPSA) is 95.5 Å². The van der Waals surface area contributed by atoms with Crippen molar-refractivity contribution in [2.24, 2.45) is 0 Å². The van der Waals surface area contributed by atoms with Crippen LogP contribution in [-0.2, 0) is 10.0 Å². The van der Waals surface area contributed by atoms with E-state index in [1.165, 1.54) is 24.3 Å². The summed E-state index contributed by atoms with van der Waals surface area (Å²) >= 11 is 5.45. The van der Waals surface area contributed by atoms with Gasteiger partial charge in [0.1, 0.15) is 0 Å². The Labute approximate surface area is 123 Å². The summed E-state index contributed by atoms with van der Waals surface area (Å²) in [5, 5.41) is 11.1. The van der Waals surface area contributed by atoms with Gasteiger partial charge in [0.15, 0.2) is 0 Å². The van der Waals surface area contributed by atoms with E-state index in [4.69, 9.17) is 16.7 Å². The molecular weight excluding hydrogens is 304 g/mol. The fraction of sp³-hybridized carbons (Fsp3) is 0.417. The van der Waals surface area contributed by atoms with Gasteiger partial charge < -0.3 is 10.4 Å². The van der Waals surface area contributed by atoms with E-state index in [1.54, 1.807) is 0 Å². The number of carbonyl (C=O) groups excluding carboxylic acids is 1. The van der Waals surface area contributed by atoms with Crippen LogP contribution >= 0.6 is 11.6 Å². The van der Waals surface area contributed by atoms with Gasteiger partial charge >= 0.3 is 0 Å². The molecule has 0 fully saturated rings. The molecule has 1 amide bonds. The number of hydrogen-bond acceptors (Lipinski definition) is 4. The first-order chi connectivity index (χ1) is 9.48. The molecule has 1 aromatic carbocycles. The van der Waals surface area contributed by atoms with Crippen LogP contribution in [0.5, 0.6) is 0 Å². The van der Waals surface area contributed by atoms with Gasteiger partial charge in [-0.15, -0.1) is 11.6 Å². The maximum atomic E-state index is 11.6. The van der Waals surface area contributed by atoms with Crippen molar-refractivity contribution in [2.75, 3.05) is 29.5 Å². The minimum absolute atomic E-state index is 0.0464. The molecule has 0 atom stereocenters. The van der Waals surface area contributed by atoms with Gasteiger partial charge in [-0.1, -0.05) is 0 Å². The minimum atomic E-state index is -3.41. The summed E-state index contributed by atoms with van der Waals surface area (Å²) in [6.07, 6.45) is 0.374. The number of aliphatic hydroxyl groups is 1. The molecule has 0 heterocycles. The SMILES string of the molecule is O=C(NCCO)c1ccc(NS(=O)(=O)CCCCl)cc1. The van der Waals surface area contributed by atoms with E-state index >= 15 is 0 Å². The van der Waals surface area contributed by atoms with E-state index in [0.717, 1.165) is 0 Å². The molecule has 6 nitrogen and oxygen atoms in total. The van der Waals surface area contributed by atoms with Crippen molar-refractivity contribution in [3.63, 3.8) is 0 Å². The van der Waals surface area contributed by atoms with Crippen LogP contribution in [0, 0.1) is 0 Å². The van der Waals surface area contributed by atoms with Crippen molar-refractivity contribution >= 4 is 33.2 Å². The third-order valence-electron chi connectivity index (χ3n) is 2.36. The summed E-state index contributed by atoms with van der Waals surface area (Å²) in [5.74, 6) is -0.0873. The Balaban J connectivity index is 2.65. The van der Waals surface area contributed by atoms with Crippen molar-refractivity contribution in [1.82, 2.24) is 5.32 Å². The number of hydrogen-bond donors (Lipinski definition) is 3. The Hall–Kier alpha value is -1.31. The molecule has 8 heteroatoms. The van der Waals surface area contributed by atoms with Crippen LogP contribution in [0.15, 0.2) is 24.3 Å². The zero-order valence-electron chi connectivity index (χ0n) is 10.8. The highest BCUT2D eigenvalue weighted by Crippen LogP contribution is 2.12. The summed E-state index contributed by atoms with van der Waals surface area (Å²) in [6, 6.07) is 6.02. The second kappa shape index (κ2) is 8.08. The van der Waals surface area contributed by atoms with Crippen LogP contribution in [0.2, 0.25) is 0 Å². The van der Waals surface area contributed by atoms with Crippen molar-refractivity contribution in [3.8, 4) is 0 Å². The number of alkyl halides is 1. The highest BCUT2D eigenvalue weighted by Gasteiger charge is 2.10. The molecule has 0 aliphatic carbocycles. The molecule has 0 spiro atoms. The third kappa shape index (κ3) is 5.77. The number of amides is 1. The van der Waals surface area contributed by atoms with Gasteiger partial charge in [0, 0.05) is 23.7 Å². The lowest BCUT2D eigenvalue weighted by molar-refractivity contribution is 0.0945. The summed E-state index contributed by atoms with van der Waals surface area (Å²) in [6.45, 7) is 0.0375. The first kappa shape index (κ1) is 16.7. The van der Waals surface area contributed by atoms with Gasteiger partial charge in [-0.05, 0) is 30.7 Å². The molecule has 1 aromatic rings. The highest BCUT2D eigenvalue weighted by atomic mass is 35.5. The largest absolute Gasteiger partial charge is 0.395 e. The van der Waals surface area contributed by atoms with Crippen LogP contribution in [0.4, 0.5) is 5.69 Å². The molecule has 1 rings (SSSR count). The standard InChI is InChI=1S/C12H17ClN2O4S/c13-6-1-9-20(18,19)15-11-4-2-10(3-5-11)12(17)14-7-8-16/h2-5,15-16H,1,6-9H2,(H,14,17). The summed E-state index contributed by atoms with van der Waals surface area (Å²) in [4.78, 5) is 11.6. The number of aliphatic hydroxyl groups excluding tert-OH is 1. The van der Waals surface area contributed by atoms with E-state index in [9.17, 15) is 13.2 Å². The van der Waals surface area contributed by atoms with Crippen LogP contribution < -0.4 is 10.0 Å². The van der Waals surface area contributed by atoms with Gasteiger partial charge in [0.25, 0.3) is 5.91 Å². The van der Waals surface area contributed by atoms with Gasteiger partial charge in [-0.2, -0.15) is 0 Å². The van der Waals surface area contributed by atoms with Crippen LogP contribution in [-0.4, -0.2) is 44.2 Å². The molecule has 3 N–H and O–H groups in total. The zero-order chi connectivity index (χ0) is 15.0. The van der Waals surface area contributed by atoms with Crippen LogP contribution in [0.3, 0.4) is 0 Å². The monoisotopic (exact) mass is 320 g/mol. The summed E-state index contributed by atoms with van der Waals surface area (Å²) < 4.78 is 25.7.